The number of rotatable bonds is 5. The Bertz CT molecular complexity index is 1670. The highest BCUT2D eigenvalue weighted by atomic mass is 32.2. The molecule has 2 atom stereocenters. The van der Waals surface area contributed by atoms with E-state index in [1.165, 1.54) is 21.7 Å². The second-order valence-electron chi connectivity index (χ2n) is 8.92. The van der Waals surface area contributed by atoms with Crippen LogP contribution in [0.5, 0.6) is 11.5 Å². The molecule has 2 aromatic heterocycles. The molecule has 186 valence electrons. The molecule has 1 unspecified atom stereocenters. The highest BCUT2D eigenvalue weighted by molar-refractivity contribution is 7.89. The maximum absolute atomic E-state index is 11.8. The van der Waals surface area contributed by atoms with Crippen molar-refractivity contribution in [3.05, 3.63) is 108 Å². The van der Waals surface area contributed by atoms with Gasteiger partial charge in [0, 0.05) is 33.8 Å². The van der Waals surface area contributed by atoms with Crippen LogP contribution in [0.3, 0.4) is 0 Å². The van der Waals surface area contributed by atoms with Crippen molar-refractivity contribution < 1.29 is 17.9 Å². The Balaban J connectivity index is 1.44. The summed E-state index contributed by atoms with van der Waals surface area (Å²) in [5, 5.41) is 6.48. The van der Waals surface area contributed by atoms with E-state index in [4.69, 9.17) is 14.6 Å². The van der Waals surface area contributed by atoms with Crippen molar-refractivity contribution in [3.63, 3.8) is 0 Å². The van der Waals surface area contributed by atoms with Crippen LogP contribution in [-0.2, 0) is 10.0 Å². The number of thiophene rings is 1. The molecule has 0 spiro atoms. The van der Waals surface area contributed by atoms with Crippen molar-refractivity contribution >= 4 is 31.4 Å². The highest BCUT2D eigenvalue weighted by Gasteiger charge is 2.32. The molecular weight excluding hydrogens is 504 g/mol. The molecule has 3 aromatic carbocycles. The van der Waals surface area contributed by atoms with E-state index in [0.717, 1.165) is 22.2 Å². The number of hydrogen-bond donors (Lipinski definition) is 1. The maximum Gasteiger partial charge on any atom is 0.238 e. The van der Waals surface area contributed by atoms with E-state index in [9.17, 15) is 8.42 Å². The summed E-state index contributed by atoms with van der Waals surface area (Å²) in [6.45, 7) is 0.388. The zero-order valence-corrected chi connectivity index (χ0v) is 21.4. The van der Waals surface area contributed by atoms with Gasteiger partial charge in [-0.05, 0) is 41.3 Å². The predicted molar refractivity (Wildman–Crippen MR) is 146 cm³/mol. The first-order valence-corrected chi connectivity index (χ1v) is 14.3. The monoisotopic (exact) mass is 528 g/mol. The average Bonchev–Trinajstić information content (AvgIpc) is 3.22. The fourth-order valence-corrected chi connectivity index (χ4v) is 6.69. The van der Waals surface area contributed by atoms with Gasteiger partial charge in [-0.25, -0.2) is 13.6 Å². The number of pyridine rings is 1. The lowest BCUT2D eigenvalue weighted by atomic mass is 9.89. The van der Waals surface area contributed by atoms with Gasteiger partial charge in [0.25, 0.3) is 0 Å². The summed E-state index contributed by atoms with van der Waals surface area (Å²) < 4.78 is 37.3. The van der Waals surface area contributed by atoms with Gasteiger partial charge in [-0.15, -0.1) is 11.3 Å². The lowest BCUT2D eigenvalue weighted by Gasteiger charge is -2.26. The minimum Gasteiger partial charge on any atom is -0.490 e. The highest BCUT2D eigenvalue weighted by Crippen LogP contribution is 2.43. The fourth-order valence-electron chi connectivity index (χ4n) is 4.80. The van der Waals surface area contributed by atoms with Gasteiger partial charge < -0.3 is 9.47 Å². The molecule has 0 fully saturated rings. The zero-order chi connectivity index (χ0) is 25.4. The Labute approximate surface area is 219 Å². The van der Waals surface area contributed by atoms with Gasteiger partial charge in [0.1, 0.15) is 6.10 Å². The molecule has 0 saturated heterocycles. The largest absolute Gasteiger partial charge is 0.490 e. The van der Waals surface area contributed by atoms with Crippen LogP contribution in [0.15, 0.2) is 102 Å². The van der Waals surface area contributed by atoms with Crippen molar-refractivity contribution in [2.75, 3.05) is 6.61 Å². The van der Waals surface area contributed by atoms with Crippen LogP contribution < -0.4 is 14.6 Å². The van der Waals surface area contributed by atoms with Crippen molar-refractivity contribution in [3.8, 4) is 22.8 Å². The summed E-state index contributed by atoms with van der Waals surface area (Å²) in [6.07, 6.45) is 2.21. The maximum atomic E-state index is 11.8. The van der Waals surface area contributed by atoms with Crippen LogP contribution in [0.4, 0.5) is 0 Å². The van der Waals surface area contributed by atoms with E-state index < -0.39 is 10.0 Å². The van der Waals surface area contributed by atoms with Gasteiger partial charge in [-0.3, -0.25) is 4.98 Å². The first-order valence-electron chi connectivity index (χ1n) is 11.9. The smallest absolute Gasteiger partial charge is 0.238 e. The van der Waals surface area contributed by atoms with Crippen molar-refractivity contribution in [1.29, 1.82) is 0 Å². The van der Waals surface area contributed by atoms with Crippen molar-refractivity contribution in [1.82, 2.24) is 4.98 Å². The van der Waals surface area contributed by atoms with Gasteiger partial charge >= 0.3 is 0 Å². The van der Waals surface area contributed by atoms with Crippen LogP contribution >= 0.6 is 11.3 Å². The Kier molecular flexibility index (Phi) is 6.16. The average molecular weight is 529 g/mol. The molecule has 0 amide bonds. The third-order valence-electron chi connectivity index (χ3n) is 6.52. The predicted octanol–water partition coefficient (Wildman–Crippen LogP) is 5.97. The van der Waals surface area contributed by atoms with Crippen LogP contribution in [0.1, 0.15) is 22.8 Å². The lowest BCUT2D eigenvalue weighted by Crippen LogP contribution is -2.26. The third-order valence-corrected chi connectivity index (χ3v) is 8.70. The molecule has 1 aliphatic heterocycles. The number of nitrogens with zero attached hydrogens (tertiary/aromatic N) is 1. The van der Waals surface area contributed by atoms with E-state index in [-0.39, 0.29) is 16.9 Å². The lowest BCUT2D eigenvalue weighted by molar-refractivity contribution is 0.174. The van der Waals surface area contributed by atoms with E-state index in [0.29, 0.717) is 24.5 Å². The van der Waals surface area contributed by atoms with Crippen LogP contribution in [0.25, 0.3) is 21.3 Å². The van der Waals surface area contributed by atoms with Gasteiger partial charge in [0.05, 0.1) is 23.1 Å². The summed E-state index contributed by atoms with van der Waals surface area (Å²) in [5.74, 6) is 0.836. The zero-order valence-electron chi connectivity index (χ0n) is 19.8. The number of sulfonamides is 1. The Hall–Kier alpha value is -3.72. The number of benzene rings is 3. The summed E-state index contributed by atoms with van der Waals surface area (Å²) in [7, 11) is -3.84. The molecule has 37 heavy (non-hydrogen) atoms. The molecule has 0 saturated carbocycles. The topological polar surface area (TPSA) is 91.5 Å². The molecule has 0 radical (unpaired) electrons. The SMILES string of the molecule is NS(=O)(=O)c1ccc2c(c1)OCCC([C@@H](c1ccccc1)c1cc3cccc(-c4ccccn4)c3s1)O2. The molecular formula is C29H24N2O4S2. The van der Waals surface area contributed by atoms with Crippen LogP contribution in [0, 0.1) is 0 Å². The van der Waals surface area contributed by atoms with E-state index in [2.05, 4.69) is 41.4 Å². The first-order chi connectivity index (χ1) is 18.0. The van der Waals surface area contributed by atoms with Gasteiger partial charge in [-0.2, -0.15) is 0 Å². The molecule has 5 aromatic rings. The van der Waals surface area contributed by atoms with Crippen LogP contribution in [0.2, 0.25) is 0 Å². The minimum atomic E-state index is -3.84. The van der Waals surface area contributed by atoms with Gasteiger partial charge in [0.15, 0.2) is 11.5 Å². The molecule has 8 heteroatoms. The molecule has 0 aliphatic carbocycles. The molecule has 0 bridgehead atoms. The summed E-state index contributed by atoms with van der Waals surface area (Å²) in [4.78, 5) is 5.76. The number of ether oxygens (including phenoxy) is 2. The fraction of sp³-hybridized carbons (Fsp3) is 0.138. The molecule has 6 nitrogen and oxygen atoms in total. The van der Waals surface area contributed by atoms with E-state index in [1.54, 1.807) is 17.4 Å². The van der Waals surface area contributed by atoms with Gasteiger partial charge in [0.2, 0.25) is 10.0 Å². The minimum absolute atomic E-state index is 0.000494. The molecule has 3 heterocycles. The van der Waals surface area contributed by atoms with Gasteiger partial charge in [-0.1, -0.05) is 54.6 Å². The standard InChI is InChI=1S/C29H24N2O4S2/c30-37(32,33)21-12-13-24-26(18-21)34-16-14-25(35-24)28(19-7-2-1-3-8-19)27-17-20-9-6-10-22(29(20)36-27)23-11-4-5-15-31-23/h1-13,15,17-18,25,28H,14,16H2,(H2,30,32,33)/t25?,28-/m1/s1. The third kappa shape index (κ3) is 4.71. The second kappa shape index (κ2) is 9.63. The second-order valence-corrected chi connectivity index (χ2v) is 11.6. The number of aromatic nitrogens is 1. The Morgan fingerprint density at radius 2 is 1.76 bits per heavy atom. The van der Waals surface area contributed by atoms with E-state index >= 15 is 0 Å². The molecule has 1 aliphatic rings. The number of fused-ring (bicyclic) bond motifs is 2. The van der Waals surface area contributed by atoms with Crippen molar-refractivity contribution in [2.24, 2.45) is 5.14 Å². The normalized spacial score (nSPS) is 16.3. The summed E-state index contributed by atoms with van der Waals surface area (Å²) >= 11 is 1.75. The summed E-state index contributed by atoms with van der Waals surface area (Å²) in [5.41, 5.74) is 3.19. The number of hydrogen-bond acceptors (Lipinski definition) is 6. The van der Waals surface area contributed by atoms with E-state index in [1.807, 2.05) is 42.6 Å². The van der Waals surface area contributed by atoms with Crippen molar-refractivity contribution in [2.45, 2.75) is 23.3 Å². The molecule has 2 N–H and O–H groups in total. The Morgan fingerprint density at radius 3 is 2.54 bits per heavy atom. The quantitative estimate of drug-likeness (QED) is 0.303. The Morgan fingerprint density at radius 1 is 0.919 bits per heavy atom. The van der Waals surface area contributed by atoms with Crippen LogP contribution in [-0.4, -0.2) is 26.1 Å². The number of nitrogens with two attached hydrogens (primary N) is 1. The molecule has 6 rings (SSSR count). The number of primary sulfonamides is 1. The summed E-state index contributed by atoms with van der Waals surface area (Å²) in [6, 6.07) is 29.3. The first kappa shape index (κ1) is 23.7.